The third kappa shape index (κ3) is 5.98. The lowest BCUT2D eigenvalue weighted by Gasteiger charge is -2.18. The van der Waals surface area contributed by atoms with E-state index >= 15 is 0 Å². The molecule has 0 atom stereocenters. The van der Waals surface area contributed by atoms with E-state index in [9.17, 15) is 0 Å². The van der Waals surface area contributed by atoms with Crippen molar-refractivity contribution >= 4 is 11.6 Å². The minimum absolute atomic E-state index is 0.750. The van der Waals surface area contributed by atoms with E-state index in [0.717, 1.165) is 5.92 Å². The van der Waals surface area contributed by atoms with E-state index in [4.69, 9.17) is 8.42 Å². The summed E-state index contributed by atoms with van der Waals surface area (Å²) in [5, 5.41) is 0. The summed E-state index contributed by atoms with van der Waals surface area (Å²) >= 11 is -0.750. The molecule has 0 N–H and O–H groups in total. The highest BCUT2D eigenvalue weighted by atomic mass is 32.1. The van der Waals surface area contributed by atoms with E-state index < -0.39 is 11.6 Å². The third-order valence-corrected chi connectivity index (χ3v) is 1.98. The van der Waals surface area contributed by atoms with Gasteiger partial charge in [0.25, 0.3) is 0 Å². The summed E-state index contributed by atoms with van der Waals surface area (Å²) in [5.41, 5.74) is 1.46. The van der Waals surface area contributed by atoms with Crippen LogP contribution in [0.4, 0.5) is 0 Å². The molecular weight excluding hydrogens is 160 g/mol. The molecule has 0 aromatic heterocycles. The van der Waals surface area contributed by atoms with Crippen molar-refractivity contribution in [3.8, 4) is 0 Å². The SMILES string of the molecule is C=C1CCC(C)CC1.O=S=O. The summed E-state index contributed by atoms with van der Waals surface area (Å²) in [7, 11) is 0. The summed E-state index contributed by atoms with van der Waals surface area (Å²) in [6.07, 6.45) is 5.31. The minimum Gasteiger partial charge on any atom is -0.168 e. The zero-order chi connectivity index (χ0) is 8.69. The Morgan fingerprint density at radius 2 is 1.73 bits per heavy atom. The molecule has 0 aromatic carbocycles. The van der Waals surface area contributed by atoms with Crippen LogP contribution in [-0.2, 0) is 11.6 Å². The minimum atomic E-state index is -0.750. The van der Waals surface area contributed by atoms with Crippen molar-refractivity contribution in [2.45, 2.75) is 32.6 Å². The lowest BCUT2D eigenvalue weighted by molar-refractivity contribution is 0.445. The van der Waals surface area contributed by atoms with Crippen LogP contribution in [0.5, 0.6) is 0 Å². The Labute approximate surface area is 71.3 Å². The van der Waals surface area contributed by atoms with Gasteiger partial charge in [-0.3, -0.25) is 0 Å². The predicted molar refractivity (Wildman–Crippen MR) is 45.7 cm³/mol. The quantitative estimate of drug-likeness (QED) is 0.527. The fraction of sp³-hybridized carbons (Fsp3) is 0.750. The standard InChI is InChI=1S/C8H14.O2S/c1-7-3-5-8(2)6-4-7;1-3-2/h8H,1,3-6H2,2H3;. The van der Waals surface area contributed by atoms with Crippen LogP contribution in [0.15, 0.2) is 12.2 Å². The van der Waals surface area contributed by atoms with Crippen molar-refractivity contribution < 1.29 is 8.42 Å². The van der Waals surface area contributed by atoms with Crippen LogP contribution < -0.4 is 0 Å². The molecule has 1 rings (SSSR count). The molecule has 2 nitrogen and oxygen atoms in total. The highest BCUT2D eigenvalue weighted by molar-refractivity contribution is 7.51. The Hall–Kier alpha value is -0.440. The van der Waals surface area contributed by atoms with E-state index in [1.165, 1.54) is 31.3 Å². The molecule has 11 heavy (non-hydrogen) atoms. The van der Waals surface area contributed by atoms with Gasteiger partial charge in [-0.15, -0.1) is 0 Å². The first-order valence-corrected chi connectivity index (χ1v) is 4.45. The van der Waals surface area contributed by atoms with Crippen molar-refractivity contribution in [3.05, 3.63) is 12.2 Å². The summed E-state index contributed by atoms with van der Waals surface area (Å²) in [4.78, 5) is 0. The molecule has 0 bridgehead atoms. The van der Waals surface area contributed by atoms with Gasteiger partial charge in [0.15, 0.2) is 0 Å². The summed E-state index contributed by atoms with van der Waals surface area (Å²) in [6.45, 7) is 6.27. The van der Waals surface area contributed by atoms with Gasteiger partial charge in [0.2, 0.25) is 0 Å². The molecule has 0 heterocycles. The van der Waals surface area contributed by atoms with Crippen LogP contribution in [0.2, 0.25) is 0 Å². The van der Waals surface area contributed by atoms with Crippen molar-refractivity contribution in [2.75, 3.05) is 0 Å². The molecule has 0 aromatic rings. The molecule has 1 saturated carbocycles. The normalized spacial score (nSPS) is 18.5. The third-order valence-electron chi connectivity index (χ3n) is 1.98. The summed E-state index contributed by atoms with van der Waals surface area (Å²) in [5.74, 6) is 0.959. The van der Waals surface area contributed by atoms with Crippen molar-refractivity contribution in [3.63, 3.8) is 0 Å². The molecule has 64 valence electrons. The molecule has 1 fully saturated rings. The van der Waals surface area contributed by atoms with Gasteiger partial charge in [-0.05, 0) is 31.6 Å². The maximum absolute atomic E-state index is 8.29. The molecule has 0 aliphatic heterocycles. The Morgan fingerprint density at radius 3 is 2.00 bits per heavy atom. The topological polar surface area (TPSA) is 34.1 Å². The van der Waals surface area contributed by atoms with Gasteiger partial charge in [0.05, 0.1) is 0 Å². The molecular formula is C8H14O2S. The van der Waals surface area contributed by atoms with Gasteiger partial charge in [-0.2, -0.15) is 8.42 Å². The van der Waals surface area contributed by atoms with Crippen LogP contribution in [-0.4, -0.2) is 8.42 Å². The van der Waals surface area contributed by atoms with Crippen LogP contribution in [0.3, 0.4) is 0 Å². The fourth-order valence-corrected chi connectivity index (χ4v) is 1.17. The second-order valence-electron chi connectivity index (χ2n) is 3.00. The predicted octanol–water partition coefficient (Wildman–Crippen LogP) is 2.08. The van der Waals surface area contributed by atoms with Gasteiger partial charge in [-0.25, -0.2) is 0 Å². The Bertz CT molecular complexity index is 149. The van der Waals surface area contributed by atoms with E-state index in [1.807, 2.05) is 0 Å². The van der Waals surface area contributed by atoms with Gasteiger partial charge in [0.1, 0.15) is 0 Å². The zero-order valence-corrected chi connectivity index (χ0v) is 7.65. The van der Waals surface area contributed by atoms with Gasteiger partial charge < -0.3 is 0 Å². The monoisotopic (exact) mass is 174 g/mol. The lowest BCUT2D eigenvalue weighted by Crippen LogP contribution is -2.02. The maximum Gasteiger partial charge on any atom is 0.335 e. The lowest BCUT2D eigenvalue weighted by atomic mass is 9.88. The van der Waals surface area contributed by atoms with E-state index in [0.29, 0.717) is 0 Å². The average Bonchev–Trinajstić information content (AvgIpc) is 1.97. The number of allylic oxidation sites excluding steroid dienone is 1. The average molecular weight is 174 g/mol. The van der Waals surface area contributed by atoms with Gasteiger partial charge in [0, 0.05) is 0 Å². The molecule has 1 aliphatic rings. The van der Waals surface area contributed by atoms with Gasteiger partial charge >= 0.3 is 11.6 Å². The molecule has 3 heteroatoms. The summed E-state index contributed by atoms with van der Waals surface area (Å²) < 4.78 is 16.6. The maximum atomic E-state index is 8.29. The second kappa shape index (κ2) is 6.28. The largest absolute Gasteiger partial charge is 0.335 e. The van der Waals surface area contributed by atoms with Gasteiger partial charge in [-0.1, -0.05) is 19.1 Å². The van der Waals surface area contributed by atoms with E-state index in [2.05, 4.69) is 13.5 Å². The second-order valence-corrected chi connectivity index (χ2v) is 3.14. The Morgan fingerprint density at radius 1 is 1.36 bits per heavy atom. The Kier molecular flexibility index (Phi) is 6.03. The first kappa shape index (κ1) is 10.6. The molecule has 0 saturated heterocycles. The first-order chi connectivity index (χ1) is 5.20. The van der Waals surface area contributed by atoms with Crippen molar-refractivity contribution in [2.24, 2.45) is 5.92 Å². The first-order valence-electron chi connectivity index (χ1n) is 3.79. The van der Waals surface area contributed by atoms with E-state index in [1.54, 1.807) is 0 Å². The number of hydrogen-bond acceptors (Lipinski definition) is 2. The molecule has 0 radical (unpaired) electrons. The van der Waals surface area contributed by atoms with E-state index in [-0.39, 0.29) is 0 Å². The van der Waals surface area contributed by atoms with Crippen LogP contribution in [0, 0.1) is 5.92 Å². The number of hydrogen-bond donors (Lipinski definition) is 0. The summed E-state index contributed by atoms with van der Waals surface area (Å²) in [6, 6.07) is 0. The Balaban J connectivity index is 0.000000292. The van der Waals surface area contributed by atoms with Crippen molar-refractivity contribution in [1.29, 1.82) is 0 Å². The van der Waals surface area contributed by atoms with Crippen LogP contribution in [0.1, 0.15) is 32.6 Å². The molecule has 0 amide bonds. The molecule has 1 aliphatic carbocycles. The molecule has 0 unspecified atom stereocenters. The van der Waals surface area contributed by atoms with Crippen LogP contribution >= 0.6 is 0 Å². The van der Waals surface area contributed by atoms with Crippen LogP contribution in [0.25, 0.3) is 0 Å². The fourth-order valence-electron chi connectivity index (χ4n) is 1.17. The smallest absolute Gasteiger partial charge is 0.168 e. The van der Waals surface area contributed by atoms with Crippen molar-refractivity contribution in [1.82, 2.24) is 0 Å². The molecule has 0 spiro atoms. The number of rotatable bonds is 0. The zero-order valence-electron chi connectivity index (χ0n) is 6.84. The highest BCUT2D eigenvalue weighted by Crippen LogP contribution is 2.25. The highest BCUT2D eigenvalue weighted by Gasteiger charge is 2.09.